The van der Waals surface area contributed by atoms with Crippen molar-refractivity contribution in [2.24, 2.45) is 0 Å². The maximum atomic E-state index is 12.2. The first-order valence-corrected chi connectivity index (χ1v) is 7.60. The van der Waals surface area contributed by atoms with E-state index in [9.17, 15) is 4.79 Å². The highest BCUT2D eigenvalue weighted by molar-refractivity contribution is 6.39. The molecule has 0 bridgehead atoms. The van der Waals surface area contributed by atoms with Crippen LogP contribution in [0, 0.1) is 0 Å². The number of hydrogen-bond acceptors (Lipinski definition) is 1. The number of fused-ring (bicyclic) bond motifs is 1. The molecule has 0 heterocycles. The van der Waals surface area contributed by atoms with E-state index in [0.717, 1.165) is 16.3 Å². The Morgan fingerprint density at radius 3 is 2.27 bits per heavy atom. The third-order valence-corrected chi connectivity index (χ3v) is 4.04. The van der Waals surface area contributed by atoms with Gasteiger partial charge in [-0.25, -0.2) is 0 Å². The van der Waals surface area contributed by atoms with Crippen molar-refractivity contribution in [3.8, 4) is 0 Å². The number of benzene rings is 3. The molecule has 0 aromatic heterocycles. The van der Waals surface area contributed by atoms with Crippen LogP contribution in [0.5, 0.6) is 0 Å². The molecule has 3 aromatic rings. The quantitative estimate of drug-likeness (QED) is 0.691. The van der Waals surface area contributed by atoms with Gasteiger partial charge in [0.15, 0.2) is 0 Å². The van der Waals surface area contributed by atoms with E-state index in [1.807, 2.05) is 42.5 Å². The lowest BCUT2D eigenvalue weighted by Crippen LogP contribution is -2.15. The third-order valence-electron chi connectivity index (χ3n) is 3.41. The van der Waals surface area contributed by atoms with Crippen molar-refractivity contribution in [3.63, 3.8) is 0 Å². The summed E-state index contributed by atoms with van der Waals surface area (Å²) in [7, 11) is 0. The van der Waals surface area contributed by atoms with Crippen molar-refractivity contribution in [3.05, 3.63) is 76.3 Å². The predicted octanol–water partition coefficient (Wildman–Crippen LogP) is 5.33. The van der Waals surface area contributed by atoms with Crippen molar-refractivity contribution in [1.29, 1.82) is 0 Å². The molecular formula is C18H13Cl2NO. The van der Waals surface area contributed by atoms with Crippen LogP contribution in [0.25, 0.3) is 10.8 Å². The van der Waals surface area contributed by atoms with Crippen molar-refractivity contribution in [2.45, 2.75) is 6.42 Å². The number of carbonyl (C=O) groups excluding carboxylic acids is 1. The van der Waals surface area contributed by atoms with Crippen LogP contribution in [0.15, 0.2) is 60.7 Å². The van der Waals surface area contributed by atoms with Crippen LogP contribution in [0.1, 0.15) is 5.56 Å². The van der Waals surface area contributed by atoms with Gasteiger partial charge >= 0.3 is 0 Å². The first-order valence-electron chi connectivity index (χ1n) is 6.85. The Hall–Kier alpha value is -2.03. The van der Waals surface area contributed by atoms with Gasteiger partial charge in [-0.2, -0.15) is 0 Å². The number of rotatable bonds is 3. The lowest BCUT2D eigenvalue weighted by Gasteiger charge is -2.09. The number of anilines is 1. The molecule has 0 spiro atoms. The van der Waals surface area contributed by atoms with Crippen molar-refractivity contribution >= 4 is 45.6 Å². The predicted molar refractivity (Wildman–Crippen MR) is 92.7 cm³/mol. The van der Waals surface area contributed by atoms with Gasteiger partial charge in [-0.3, -0.25) is 4.79 Å². The second-order valence-electron chi connectivity index (χ2n) is 5.00. The second-order valence-corrected chi connectivity index (χ2v) is 5.82. The summed E-state index contributed by atoms with van der Waals surface area (Å²) in [4.78, 5) is 12.2. The molecule has 0 unspecified atom stereocenters. The van der Waals surface area contributed by atoms with Crippen LogP contribution < -0.4 is 5.32 Å². The lowest BCUT2D eigenvalue weighted by atomic mass is 10.0. The molecule has 0 aliphatic carbocycles. The Bertz CT molecular complexity index is 825. The number of halogens is 2. The number of para-hydroxylation sites is 1. The summed E-state index contributed by atoms with van der Waals surface area (Å²) in [6.07, 6.45) is 0.270. The molecular weight excluding hydrogens is 317 g/mol. The van der Waals surface area contributed by atoms with E-state index in [1.165, 1.54) is 0 Å². The van der Waals surface area contributed by atoms with Gasteiger partial charge in [-0.15, -0.1) is 0 Å². The topological polar surface area (TPSA) is 29.1 Å². The van der Waals surface area contributed by atoms with E-state index >= 15 is 0 Å². The molecule has 3 rings (SSSR count). The van der Waals surface area contributed by atoms with Gasteiger partial charge in [-0.1, -0.05) is 71.7 Å². The van der Waals surface area contributed by atoms with Gasteiger partial charge in [0.25, 0.3) is 0 Å². The summed E-state index contributed by atoms with van der Waals surface area (Å²) in [6, 6.07) is 19.2. The number of amides is 1. The van der Waals surface area contributed by atoms with Gasteiger partial charge < -0.3 is 5.32 Å². The minimum absolute atomic E-state index is 0.148. The number of carbonyl (C=O) groups is 1. The smallest absolute Gasteiger partial charge is 0.228 e. The zero-order chi connectivity index (χ0) is 15.5. The normalized spacial score (nSPS) is 10.6. The Morgan fingerprint density at radius 1 is 0.864 bits per heavy atom. The van der Waals surface area contributed by atoms with Crippen LogP contribution >= 0.6 is 23.2 Å². The van der Waals surface area contributed by atoms with Crippen LogP contribution in [-0.2, 0) is 11.2 Å². The molecule has 0 atom stereocenters. The minimum atomic E-state index is -0.148. The Labute approximate surface area is 138 Å². The maximum absolute atomic E-state index is 12.2. The van der Waals surface area contributed by atoms with Crippen LogP contribution in [0.4, 0.5) is 5.69 Å². The second kappa shape index (κ2) is 6.39. The fourth-order valence-electron chi connectivity index (χ4n) is 2.33. The van der Waals surface area contributed by atoms with E-state index in [0.29, 0.717) is 15.7 Å². The number of hydrogen-bond donors (Lipinski definition) is 1. The summed E-state index contributed by atoms with van der Waals surface area (Å²) < 4.78 is 0. The highest BCUT2D eigenvalue weighted by Gasteiger charge is 2.10. The van der Waals surface area contributed by atoms with Gasteiger partial charge in [0.2, 0.25) is 5.91 Å². The summed E-state index contributed by atoms with van der Waals surface area (Å²) in [6.45, 7) is 0. The van der Waals surface area contributed by atoms with E-state index in [-0.39, 0.29) is 12.3 Å². The molecule has 0 aliphatic heterocycles. The van der Waals surface area contributed by atoms with Gasteiger partial charge in [0.1, 0.15) is 0 Å². The SMILES string of the molecule is O=C(Cc1ccc2ccccc2c1)Nc1c(Cl)cccc1Cl. The van der Waals surface area contributed by atoms with Gasteiger partial charge in [-0.05, 0) is 28.5 Å². The first-order chi connectivity index (χ1) is 10.6. The Kier molecular flexibility index (Phi) is 4.32. The summed E-state index contributed by atoms with van der Waals surface area (Å²) in [5, 5.41) is 5.90. The van der Waals surface area contributed by atoms with E-state index in [4.69, 9.17) is 23.2 Å². The van der Waals surface area contributed by atoms with Crippen LogP contribution in [0.2, 0.25) is 10.0 Å². The zero-order valence-corrected chi connectivity index (χ0v) is 13.2. The fourth-order valence-corrected chi connectivity index (χ4v) is 2.83. The molecule has 0 saturated heterocycles. The zero-order valence-electron chi connectivity index (χ0n) is 11.6. The van der Waals surface area contributed by atoms with Crippen molar-refractivity contribution in [2.75, 3.05) is 5.32 Å². The molecule has 22 heavy (non-hydrogen) atoms. The number of nitrogens with one attached hydrogen (secondary N) is 1. The Morgan fingerprint density at radius 2 is 1.55 bits per heavy atom. The average Bonchev–Trinajstić information content (AvgIpc) is 2.51. The third kappa shape index (κ3) is 3.24. The van der Waals surface area contributed by atoms with E-state index in [2.05, 4.69) is 5.32 Å². The molecule has 0 saturated carbocycles. The molecule has 0 fully saturated rings. The highest BCUT2D eigenvalue weighted by atomic mass is 35.5. The van der Waals surface area contributed by atoms with Crippen molar-refractivity contribution < 1.29 is 4.79 Å². The summed E-state index contributed by atoms with van der Waals surface area (Å²) in [5.41, 5.74) is 1.40. The molecule has 1 amide bonds. The van der Waals surface area contributed by atoms with Crippen molar-refractivity contribution in [1.82, 2.24) is 0 Å². The lowest BCUT2D eigenvalue weighted by molar-refractivity contribution is -0.115. The molecule has 4 heteroatoms. The molecule has 110 valence electrons. The van der Waals surface area contributed by atoms with Crippen LogP contribution in [-0.4, -0.2) is 5.91 Å². The van der Waals surface area contributed by atoms with Gasteiger partial charge in [0, 0.05) is 0 Å². The largest absolute Gasteiger partial charge is 0.323 e. The minimum Gasteiger partial charge on any atom is -0.323 e. The highest BCUT2D eigenvalue weighted by Crippen LogP contribution is 2.29. The Balaban J connectivity index is 1.78. The fraction of sp³-hybridized carbons (Fsp3) is 0.0556. The molecule has 2 nitrogen and oxygen atoms in total. The monoisotopic (exact) mass is 329 g/mol. The summed E-state index contributed by atoms with van der Waals surface area (Å²) >= 11 is 12.1. The average molecular weight is 330 g/mol. The molecule has 1 N–H and O–H groups in total. The first kappa shape index (κ1) is 14.9. The molecule has 0 radical (unpaired) electrons. The van der Waals surface area contributed by atoms with E-state index in [1.54, 1.807) is 18.2 Å². The maximum Gasteiger partial charge on any atom is 0.228 e. The van der Waals surface area contributed by atoms with Gasteiger partial charge in [0.05, 0.1) is 22.2 Å². The molecule has 3 aromatic carbocycles. The summed E-state index contributed by atoms with van der Waals surface area (Å²) in [5.74, 6) is -0.148. The standard InChI is InChI=1S/C18H13Cl2NO/c19-15-6-3-7-16(20)18(15)21-17(22)11-12-8-9-13-4-1-2-5-14(13)10-12/h1-10H,11H2,(H,21,22). The van der Waals surface area contributed by atoms with Crippen LogP contribution in [0.3, 0.4) is 0 Å². The molecule has 0 aliphatic rings. The van der Waals surface area contributed by atoms with E-state index < -0.39 is 0 Å².